The first-order valence-electron chi connectivity index (χ1n) is 12.9. The van der Waals surface area contributed by atoms with Gasteiger partial charge in [-0.15, -0.1) is 0 Å². The van der Waals surface area contributed by atoms with Gasteiger partial charge in [-0.1, -0.05) is 0 Å². The summed E-state index contributed by atoms with van der Waals surface area (Å²) in [5.41, 5.74) is 14.4. The second-order valence-electron chi connectivity index (χ2n) is 10.4. The molecule has 0 fully saturated rings. The molecule has 2 unspecified atom stereocenters. The third-order valence-electron chi connectivity index (χ3n) is 7.93. The monoisotopic (exact) mass is 716 g/mol. The molecule has 2 aliphatic carbocycles. The van der Waals surface area contributed by atoms with Gasteiger partial charge in [-0.3, -0.25) is 0 Å². The molecule has 0 aromatic heterocycles. The first-order valence-corrected chi connectivity index (χ1v) is 22.0. The Morgan fingerprint density at radius 1 is 0.526 bits per heavy atom. The first kappa shape index (κ1) is 29.4. The van der Waals surface area contributed by atoms with Crippen LogP contribution in [0.4, 0.5) is 0 Å². The summed E-state index contributed by atoms with van der Waals surface area (Å²) in [7, 11) is 0. The van der Waals surface area contributed by atoms with Gasteiger partial charge in [0.15, 0.2) is 0 Å². The van der Waals surface area contributed by atoms with Crippen LogP contribution in [-0.4, -0.2) is 5.43 Å². The predicted octanol–water partition coefficient (Wildman–Crippen LogP) is 3.51. The van der Waals surface area contributed by atoms with Crippen molar-refractivity contribution in [3.63, 3.8) is 0 Å². The van der Waals surface area contributed by atoms with Gasteiger partial charge in [0.05, 0.1) is 0 Å². The van der Waals surface area contributed by atoms with E-state index in [1.165, 1.54) is 33.4 Å². The van der Waals surface area contributed by atoms with E-state index in [0.29, 0.717) is 7.25 Å². The number of halogens is 2. The van der Waals surface area contributed by atoms with Crippen molar-refractivity contribution in [1.29, 1.82) is 0 Å². The molecule has 4 aromatic rings. The van der Waals surface area contributed by atoms with Crippen molar-refractivity contribution in [2.24, 2.45) is 0 Å². The molecule has 0 nitrogen and oxygen atoms in total. The van der Waals surface area contributed by atoms with E-state index in [4.69, 9.17) is 0 Å². The molecule has 190 valence electrons. The normalized spacial score (nSPS) is 16.6. The van der Waals surface area contributed by atoms with Crippen LogP contribution in [-0.2, 0) is 20.4 Å². The van der Waals surface area contributed by atoms with Crippen LogP contribution in [0.3, 0.4) is 0 Å². The summed E-state index contributed by atoms with van der Waals surface area (Å²) in [4.78, 5) is 0. The van der Waals surface area contributed by atoms with Crippen molar-refractivity contribution >= 4 is 17.6 Å². The van der Waals surface area contributed by atoms with Crippen molar-refractivity contribution in [2.45, 2.75) is 34.2 Å². The van der Waals surface area contributed by atoms with Crippen molar-refractivity contribution in [3.05, 3.63) is 130 Å². The summed E-state index contributed by atoms with van der Waals surface area (Å²) < 4.78 is 1.32. The summed E-state index contributed by atoms with van der Waals surface area (Å²) in [6.07, 6.45) is 5.06. The molecule has 38 heavy (non-hydrogen) atoms. The summed E-state index contributed by atoms with van der Waals surface area (Å²) in [6.45, 7) is 10.1. The molecule has 0 radical (unpaired) electrons. The predicted molar refractivity (Wildman–Crippen MR) is 154 cm³/mol. The molecule has 0 spiro atoms. The molecule has 4 heteroatoms. The van der Waals surface area contributed by atoms with Gasteiger partial charge in [-0.25, -0.2) is 0 Å². The maximum absolute atomic E-state index is 2.61. The molecule has 0 bridgehead atoms. The van der Waals surface area contributed by atoms with Crippen LogP contribution >= 0.6 is 0 Å². The average molecular weight is 720 g/mol. The topological polar surface area (TPSA) is 0 Å². The standard InChI is InChI=1S/2C16H13.C2H6Si.2BrH.Zr/c2*1-12-10-14-8-5-9-15(16(14)11-12)13-6-3-2-4-7-13;1-3-2;;;/h2*2-11H,1H3;1-2H3;2*1H;/q;;;;;+2/p-2. The van der Waals surface area contributed by atoms with Crippen molar-refractivity contribution in [3.8, 4) is 22.3 Å². The molecule has 0 amide bonds. The minimum absolute atomic E-state index is 0. The van der Waals surface area contributed by atoms with Crippen LogP contribution in [0.5, 0.6) is 0 Å². The Morgan fingerprint density at radius 3 is 1.29 bits per heavy atom. The number of allylic oxidation sites excluding steroid dienone is 2. The third-order valence-corrected chi connectivity index (χ3v) is 27.8. The molecule has 0 N–H and O–H groups in total. The maximum atomic E-state index is 2.61. The van der Waals surface area contributed by atoms with E-state index in [2.05, 4.69) is 136 Å². The Morgan fingerprint density at radius 2 is 0.921 bits per heavy atom. The van der Waals surface area contributed by atoms with Crippen LogP contribution in [0, 0.1) is 0 Å². The number of fused-ring (bicyclic) bond motifs is 2. The molecule has 6 rings (SSSR count). The number of rotatable bonds is 4. The Bertz CT molecular complexity index is 1450. The van der Waals surface area contributed by atoms with Gasteiger partial charge < -0.3 is 34.0 Å². The van der Waals surface area contributed by atoms with Crippen molar-refractivity contribution < 1.29 is 54.3 Å². The van der Waals surface area contributed by atoms with Crippen LogP contribution in [0.15, 0.2) is 108 Å². The largest absolute Gasteiger partial charge is 1.00 e. The quantitative estimate of drug-likeness (QED) is 0.284. The maximum Gasteiger partial charge on any atom is -1.00 e. The molecule has 0 aliphatic heterocycles. The third kappa shape index (κ3) is 5.15. The summed E-state index contributed by atoms with van der Waals surface area (Å²) in [6, 6.07) is 36.0. The minimum Gasteiger partial charge on any atom is -1.00 e. The van der Waals surface area contributed by atoms with Gasteiger partial charge in [-0.2, -0.15) is 0 Å². The number of hydrogen-bond donors (Lipinski definition) is 0. The van der Waals surface area contributed by atoms with Gasteiger partial charge in [0.25, 0.3) is 0 Å². The van der Waals surface area contributed by atoms with Gasteiger partial charge in [0.1, 0.15) is 0 Å². The SMILES string of the molecule is CC1=Cc2c(-c3ccccc3)cccc2[CH]1[Zr+2]([CH]1C(C)=Cc2c(-c3ccccc3)cccc21)=[Si](C)C.[Br-].[Br-]. The molecule has 0 heterocycles. The fourth-order valence-corrected chi connectivity index (χ4v) is 27.1. The Balaban J connectivity index is 0.00000168. The Hall–Kier alpha value is -1.58. The zero-order chi connectivity index (χ0) is 24.8. The second-order valence-corrected chi connectivity index (χ2v) is 28.3. The van der Waals surface area contributed by atoms with E-state index < -0.39 is 25.8 Å². The molecule has 0 saturated carbocycles. The van der Waals surface area contributed by atoms with E-state index >= 15 is 0 Å². The summed E-state index contributed by atoms with van der Waals surface area (Å²) in [5.74, 6) is 0. The van der Waals surface area contributed by atoms with Crippen molar-refractivity contribution in [2.75, 3.05) is 0 Å². The number of hydrogen-bond acceptors (Lipinski definition) is 0. The zero-order valence-corrected chi connectivity index (χ0v) is 28.9. The van der Waals surface area contributed by atoms with Crippen LogP contribution in [0.2, 0.25) is 13.1 Å². The van der Waals surface area contributed by atoms with E-state index in [-0.39, 0.29) is 34.0 Å². The van der Waals surface area contributed by atoms with Gasteiger partial charge in [0.2, 0.25) is 0 Å². The molecular weight excluding hydrogens is 687 g/mol. The Kier molecular flexibility index (Phi) is 9.51. The van der Waals surface area contributed by atoms with E-state index in [1.807, 2.05) is 0 Å². The van der Waals surface area contributed by atoms with E-state index in [0.717, 1.165) is 0 Å². The minimum atomic E-state index is -2.04. The van der Waals surface area contributed by atoms with Gasteiger partial charge in [-0.05, 0) is 0 Å². The molecule has 4 aromatic carbocycles. The zero-order valence-electron chi connectivity index (χ0n) is 22.3. The average Bonchev–Trinajstić information content (AvgIpc) is 3.41. The fraction of sp³-hybridized carbons (Fsp3) is 0.176. The number of benzene rings is 4. The van der Waals surface area contributed by atoms with Crippen LogP contribution in [0.25, 0.3) is 34.4 Å². The first-order chi connectivity index (χ1) is 17.5. The summed E-state index contributed by atoms with van der Waals surface area (Å²) >= 11 is -2.04. The van der Waals surface area contributed by atoms with E-state index in [1.54, 1.807) is 22.3 Å². The fourth-order valence-electron chi connectivity index (χ4n) is 6.41. The smallest absolute Gasteiger partial charge is 1.00 e. The van der Waals surface area contributed by atoms with E-state index in [9.17, 15) is 0 Å². The van der Waals surface area contributed by atoms with Crippen LogP contribution < -0.4 is 34.0 Å². The van der Waals surface area contributed by atoms with Crippen molar-refractivity contribution in [1.82, 2.24) is 0 Å². The molecular formula is C34H32Br2SiZr. The van der Waals surface area contributed by atoms with Gasteiger partial charge in [0, 0.05) is 0 Å². The Labute approximate surface area is 256 Å². The molecule has 2 aliphatic rings. The van der Waals surface area contributed by atoms with Crippen LogP contribution in [0.1, 0.15) is 43.4 Å². The molecule has 0 saturated heterocycles. The molecule has 2 atom stereocenters. The second kappa shape index (κ2) is 12.3. The summed E-state index contributed by atoms with van der Waals surface area (Å²) in [5, 5.41) is 0. The van der Waals surface area contributed by atoms with Gasteiger partial charge >= 0.3 is 225 Å².